The fourth-order valence-electron chi connectivity index (χ4n) is 2.94. The number of carbonyl (C=O) groups excluding carboxylic acids is 2. The third-order valence-electron chi connectivity index (χ3n) is 4.18. The molecule has 2 amide bonds. The molecule has 0 atom stereocenters. The molecule has 114 valence electrons. The lowest BCUT2D eigenvalue weighted by molar-refractivity contribution is -0.138. The molecule has 6 nitrogen and oxygen atoms in total. The van der Waals surface area contributed by atoms with Crippen molar-refractivity contribution in [3.05, 3.63) is 11.8 Å². The summed E-state index contributed by atoms with van der Waals surface area (Å²) in [6, 6.07) is 1.92. The summed E-state index contributed by atoms with van der Waals surface area (Å²) in [6.45, 7) is 1.88. The summed E-state index contributed by atoms with van der Waals surface area (Å²) >= 11 is 0. The number of nitrogens with zero attached hydrogens (tertiary/aromatic N) is 2. The SMILES string of the molecule is Cc1cc(NC(=O)CN(C(=O)C2CCCC2)C2CC2)no1. The van der Waals surface area contributed by atoms with Crippen LogP contribution < -0.4 is 5.32 Å². The highest BCUT2D eigenvalue weighted by Crippen LogP contribution is 2.32. The fourth-order valence-corrected chi connectivity index (χ4v) is 2.94. The molecule has 0 spiro atoms. The highest BCUT2D eigenvalue weighted by Gasteiger charge is 2.37. The predicted molar refractivity (Wildman–Crippen MR) is 76.6 cm³/mol. The van der Waals surface area contributed by atoms with Crippen molar-refractivity contribution in [2.24, 2.45) is 5.92 Å². The van der Waals surface area contributed by atoms with Crippen LogP contribution in [-0.2, 0) is 9.59 Å². The third kappa shape index (κ3) is 3.43. The van der Waals surface area contributed by atoms with Crippen molar-refractivity contribution in [1.29, 1.82) is 0 Å². The summed E-state index contributed by atoms with van der Waals surface area (Å²) in [5.74, 6) is 1.11. The molecule has 1 aromatic rings. The lowest BCUT2D eigenvalue weighted by atomic mass is 10.1. The van der Waals surface area contributed by atoms with E-state index in [4.69, 9.17) is 4.52 Å². The van der Waals surface area contributed by atoms with E-state index in [0.717, 1.165) is 38.5 Å². The number of hydrogen-bond donors (Lipinski definition) is 1. The Hall–Kier alpha value is -1.85. The Morgan fingerprint density at radius 2 is 2.05 bits per heavy atom. The number of amides is 2. The van der Waals surface area contributed by atoms with E-state index in [2.05, 4.69) is 10.5 Å². The number of nitrogens with one attached hydrogen (secondary N) is 1. The van der Waals surface area contributed by atoms with Crippen molar-refractivity contribution in [3.63, 3.8) is 0 Å². The second kappa shape index (κ2) is 5.87. The molecule has 2 saturated carbocycles. The van der Waals surface area contributed by atoms with Crippen LogP contribution >= 0.6 is 0 Å². The molecule has 2 aliphatic rings. The van der Waals surface area contributed by atoms with Gasteiger partial charge in [0.15, 0.2) is 5.82 Å². The Morgan fingerprint density at radius 1 is 1.33 bits per heavy atom. The molecular weight excluding hydrogens is 270 g/mol. The minimum atomic E-state index is -0.207. The standard InChI is InChI=1S/C15H21N3O3/c1-10-8-13(17-21-10)16-14(19)9-18(12-6-7-12)15(20)11-4-2-3-5-11/h8,11-12H,2-7,9H2,1H3,(H,16,17,19). The van der Waals surface area contributed by atoms with Gasteiger partial charge in [0.05, 0.1) is 0 Å². The van der Waals surface area contributed by atoms with Crippen molar-refractivity contribution in [2.45, 2.75) is 51.5 Å². The second-order valence-electron chi connectivity index (χ2n) is 6.05. The number of aromatic nitrogens is 1. The Bertz CT molecular complexity index is 530. The van der Waals surface area contributed by atoms with Gasteiger partial charge in [-0.1, -0.05) is 18.0 Å². The van der Waals surface area contributed by atoms with E-state index in [9.17, 15) is 9.59 Å². The number of hydrogen-bond acceptors (Lipinski definition) is 4. The van der Waals surface area contributed by atoms with Gasteiger partial charge in [-0.3, -0.25) is 9.59 Å². The number of aryl methyl sites for hydroxylation is 1. The van der Waals surface area contributed by atoms with Crippen LogP contribution in [0.15, 0.2) is 10.6 Å². The van der Waals surface area contributed by atoms with Gasteiger partial charge in [-0.05, 0) is 32.6 Å². The average molecular weight is 291 g/mol. The number of anilines is 1. The van der Waals surface area contributed by atoms with Crippen LogP contribution in [0.3, 0.4) is 0 Å². The summed E-state index contributed by atoms with van der Waals surface area (Å²) in [6.07, 6.45) is 6.20. The molecule has 3 rings (SSSR count). The van der Waals surface area contributed by atoms with E-state index in [1.165, 1.54) is 0 Å². The highest BCUT2D eigenvalue weighted by molar-refractivity contribution is 5.94. The fraction of sp³-hybridized carbons (Fsp3) is 0.667. The van der Waals surface area contributed by atoms with Gasteiger partial charge in [0, 0.05) is 18.0 Å². The second-order valence-corrected chi connectivity index (χ2v) is 6.05. The smallest absolute Gasteiger partial charge is 0.245 e. The van der Waals surface area contributed by atoms with E-state index in [0.29, 0.717) is 11.6 Å². The van der Waals surface area contributed by atoms with Crippen LogP contribution in [0.5, 0.6) is 0 Å². The van der Waals surface area contributed by atoms with Crippen LogP contribution in [0.2, 0.25) is 0 Å². The van der Waals surface area contributed by atoms with Gasteiger partial charge in [-0.15, -0.1) is 0 Å². The molecular formula is C15H21N3O3. The Morgan fingerprint density at radius 3 is 2.62 bits per heavy atom. The van der Waals surface area contributed by atoms with Crippen molar-refractivity contribution in [1.82, 2.24) is 10.1 Å². The molecule has 21 heavy (non-hydrogen) atoms. The first kappa shape index (κ1) is 14.1. The van der Waals surface area contributed by atoms with Crippen LogP contribution in [0.1, 0.15) is 44.3 Å². The summed E-state index contributed by atoms with van der Waals surface area (Å²) in [5, 5.41) is 6.42. The summed E-state index contributed by atoms with van der Waals surface area (Å²) in [4.78, 5) is 26.4. The lowest BCUT2D eigenvalue weighted by Crippen LogP contribution is -2.42. The van der Waals surface area contributed by atoms with Crippen molar-refractivity contribution >= 4 is 17.6 Å². The molecule has 1 aromatic heterocycles. The number of rotatable bonds is 5. The van der Waals surface area contributed by atoms with Crippen LogP contribution in [0.4, 0.5) is 5.82 Å². The molecule has 2 aliphatic carbocycles. The third-order valence-corrected chi connectivity index (χ3v) is 4.18. The average Bonchev–Trinajstić information content (AvgIpc) is 2.97. The molecule has 0 aliphatic heterocycles. The van der Waals surface area contributed by atoms with Gasteiger partial charge >= 0.3 is 0 Å². The number of carbonyl (C=O) groups is 2. The van der Waals surface area contributed by atoms with Crippen molar-refractivity contribution in [3.8, 4) is 0 Å². The molecule has 6 heteroatoms. The van der Waals surface area contributed by atoms with Crippen LogP contribution in [-0.4, -0.2) is 34.5 Å². The molecule has 1 heterocycles. The van der Waals surface area contributed by atoms with Gasteiger partial charge in [0.25, 0.3) is 0 Å². The molecule has 0 unspecified atom stereocenters. The minimum Gasteiger partial charge on any atom is -0.360 e. The van der Waals surface area contributed by atoms with E-state index in [1.54, 1.807) is 17.9 Å². The summed E-state index contributed by atoms with van der Waals surface area (Å²) in [7, 11) is 0. The van der Waals surface area contributed by atoms with Crippen LogP contribution in [0, 0.1) is 12.8 Å². The van der Waals surface area contributed by atoms with E-state index in [-0.39, 0.29) is 30.3 Å². The Balaban J connectivity index is 1.59. The molecule has 0 aromatic carbocycles. The maximum Gasteiger partial charge on any atom is 0.245 e. The zero-order valence-corrected chi connectivity index (χ0v) is 12.3. The Kier molecular flexibility index (Phi) is 3.94. The normalized spacial score (nSPS) is 18.7. The van der Waals surface area contributed by atoms with Gasteiger partial charge < -0.3 is 14.7 Å². The largest absolute Gasteiger partial charge is 0.360 e. The Labute approximate surface area is 123 Å². The van der Waals surface area contributed by atoms with Gasteiger partial charge in [0.1, 0.15) is 12.3 Å². The zero-order chi connectivity index (χ0) is 14.8. The van der Waals surface area contributed by atoms with E-state index in [1.807, 2.05) is 0 Å². The van der Waals surface area contributed by atoms with E-state index < -0.39 is 0 Å². The van der Waals surface area contributed by atoms with Gasteiger partial charge in [0.2, 0.25) is 11.8 Å². The summed E-state index contributed by atoms with van der Waals surface area (Å²) < 4.78 is 4.91. The van der Waals surface area contributed by atoms with Crippen LogP contribution in [0.25, 0.3) is 0 Å². The maximum atomic E-state index is 12.5. The lowest BCUT2D eigenvalue weighted by Gasteiger charge is -2.24. The topological polar surface area (TPSA) is 75.4 Å². The molecule has 0 bridgehead atoms. The molecule has 1 N–H and O–H groups in total. The maximum absolute atomic E-state index is 12.5. The van der Waals surface area contributed by atoms with Gasteiger partial charge in [-0.25, -0.2) is 0 Å². The van der Waals surface area contributed by atoms with E-state index >= 15 is 0 Å². The van der Waals surface area contributed by atoms with Crippen molar-refractivity contribution in [2.75, 3.05) is 11.9 Å². The minimum absolute atomic E-state index is 0.117. The highest BCUT2D eigenvalue weighted by atomic mass is 16.5. The first-order valence-corrected chi connectivity index (χ1v) is 7.67. The van der Waals surface area contributed by atoms with Gasteiger partial charge in [-0.2, -0.15) is 0 Å². The summed E-state index contributed by atoms with van der Waals surface area (Å²) in [5.41, 5.74) is 0. The molecule has 0 saturated heterocycles. The predicted octanol–water partition coefficient (Wildman–Crippen LogP) is 2.10. The quantitative estimate of drug-likeness (QED) is 0.901. The molecule has 0 radical (unpaired) electrons. The first-order chi connectivity index (χ1) is 10.1. The zero-order valence-electron chi connectivity index (χ0n) is 12.3. The van der Waals surface area contributed by atoms with Crippen molar-refractivity contribution < 1.29 is 14.1 Å². The first-order valence-electron chi connectivity index (χ1n) is 7.67. The molecule has 2 fully saturated rings. The monoisotopic (exact) mass is 291 g/mol.